The van der Waals surface area contributed by atoms with Crippen molar-refractivity contribution in [1.29, 1.82) is 0 Å². The van der Waals surface area contributed by atoms with Crippen LogP contribution in [0.2, 0.25) is 0 Å². The van der Waals surface area contributed by atoms with Crippen molar-refractivity contribution >= 4 is 0 Å². The molecule has 0 saturated carbocycles. The van der Waals surface area contributed by atoms with Crippen LogP contribution >= 0.6 is 0 Å². The molecule has 0 saturated heterocycles. The third-order valence-corrected chi connectivity index (χ3v) is 1.01. The molecule has 0 fully saturated rings. The minimum atomic E-state index is 0. The zero-order chi connectivity index (χ0) is 6.41. The highest BCUT2D eigenvalue weighted by molar-refractivity contribution is 4.74. The molecule has 0 aliphatic carbocycles. The van der Waals surface area contributed by atoms with Crippen molar-refractivity contribution in [2.45, 2.75) is 18.9 Å². The van der Waals surface area contributed by atoms with E-state index < -0.39 is 0 Å². The molecule has 0 amide bonds. The van der Waals surface area contributed by atoms with Crippen molar-refractivity contribution in [2.75, 3.05) is 6.54 Å². The van der Waals surface area contributed by atoms with Gasteiger partial charge in [-0.3, -0.25) is 9.41 Å². The van der Waals surface area contributed by atoms with Gasteiger partial charge in [-0.2, -0.15) is 0 Å². The van der Waals surface area contributed by atoms with Gasteiger partial charge in [0.1, 0.15) is 0 Å². The van der Waals surface area contributed by atoms with Crippen LogP contribution in [-0.2, 0) is 0 Å². The van der Waals surface area contributed by atoms with Gasteiger partial charge in [0.2, 0.25) is 0 Å². The predicted octanol–water partition coefficient (Wildman–Crippen LogP) is 0.544. The first-order chi connectivity index (χ1) is 3.81. The molecule has 1 atom stereocenters. The van der Waals surface area contributed by atoms with Crippen LogP contribution in [0.5, 0.6) is 0 Å². The molecule has 0 aromatic rings. The molecule has 0 aromatic heterocycles. The second-order valence-electron chi connectivity index (χ2n) is 1.86. The van der Waals surface area contributed by atoms with Gasteiger partial charge in [0.05, 0.1) is 0 Å². The Bertz CT molecular complexity index is 68.8. The summed E-state index contributed by atoms with van der Waals surface area (Å²) in [5, 5.41) is 0. The third kappa shape index (κ3) is 10.5. The monoisotopic (exact) mass is 154 g/mol. The van der Waals surface area contributed by atoms with Crippen LogP contribution in [0, 0.1) is 0 Å². The fourth-order valence-corrected chi connectivity index (χ4v) is 0.546. The Labute approximate surface area is 60.0 Å². The van der Waals surface area contributed by atoms with Crippen molar-refractivity contribution in [2.24, 2.45) is 11.5 Å². The maximum atomic E-state index is 5.54. The minimum absolute atomic E-state index is 0. The van der Waals surface area contributed by atoms with E-state index in [0.29, 0.717) is 6.54 Å². The lowest BCUT2D eigenvalue weighted by Gasteiger charge is -2.04. The Morgan fingerprint density at radius 2 is 1.90 bits per heavy atom. The summed E-state index contributed by atoms with van der Waals surface area (Å²) in [5.41, 5.74) is 10.8. The van der Waals surface area contributed by atoms with E-state index in [1.165, 1.54) is 0 Å². The molecular formula is C6H16F2N2. The Hall–Kier alpha value is -0.480. The van der Waals surface area contributed by atoms with E-state index in [1.807, 2.05) is 6.08 Å². The van der Waals surface area contributed by atoms with Gasteiger partial charge in [0, 0.05) is 6.04 Å². The number of nitrogens with two attached hydrogens (primary N) is 2. The molecule has 0 heterocycles. The van der Waals surface area contributed by atoms with Gasteiger partial charge < -0.3 is 11.5 Å². The lowest BCUT2D eigenvalue weighted by atomic mass is 10.1. The average molecular weight is 154 g/mol. The van der Waals surface area contributed by atoms with Gasteiger partial charge in [-0.25, -0.2) is 0 Å². The van der Waals surface area contributed by atoms with Gasteiger partial charge in [-0.15, -0.1) is 6.58 Å². The average Bonchev–Trinajstić information content (AvgIpc) is 1.68. The quantitative estimate of drug-likeness (QED) is 0.581. The molecule has 0 bridgehead atoms. The summed E-state index contributed by atoms with van der Waals surface area (Å²) in [6.45, 7) is 4.24. The fraction of sp³-hybridized carbons (Fsp3) is 0.667. The van der Waals surface area contributed by atoms with Crippen molar-refractivity contribution in [3.63, 3.8) is 0 Å². The van der Waals surface area contributed by atoms with Crippen LogP contribution in [0.15, 0.2) is 12.7 Å². The molecule has 1 unspecified atom stereocenters. The lowest BCUT2D eigenvalue weighted by molar-refractivity contribution is 0.630. The third-order valence-electron chi connectivity index (χ3n) is 1.01. The molecule has 0 aliphatic heterocycles. The largest absolute Gasteiger partial charge is 0.330 e. The highest BCUT2D eigenvalue weighted by Gasteiger charge is 1.94. The van der Waals surface area contributed by atoms with Crippen LogP contribution < -0.4 is 11.5 Å². The SMILES string of the molecule is C=CCC(N)CCN.F.F. The van der Waals surface area contributed by atoms with Crippen molar-refractivity contribution in [1.82, 2.24) is 0 Å². The van der Waals surface area contributed by atoms with Crippen molar-refractivity contribution in [3.8, 4) is 0 Å². The first-order valence-corrected chi connectivity index (χ1v) is 2.87. The molecule has 10 heavy (non-hydrogen) atoms. The topological polar surface area (TPSA) is 52.0 Å². The summed E-state index contributed by atoms with van der Waals surface area (Å²) in [6, 6.07) is 0.220. The van der Waals surface area contributed by atoms with E-state index in [4.69, 9.17) is 11.5 Å². The molecule has 2 nitrogen and oxygen atoms in total. The van der Waals surface area contributed by atoms with Crippen LogP contribution in [0.25, 0.3) is 0 Å². The van der Waals surface area contributed by atoms with E-state index >= 15 is 0 Å². The molecule has 0 rings (SSSR count). The van der Waals surface area contributed by atoms with Crippen molar-refractivity contribution < 1.29 is 9.41 Å². The normalized spacial score (nSPS) is 10.6. The second kappa shape index (κ2) is 11.3. The minimum Gasteiger partial charge on any atom is -0.330 e. The number of halogens is 2. The van der Waals surface area contributed by atoms with Gasteiger partial charge in [0.15, 0.2) is 0 Å². The van der Waals surface area contributed by atoms with Gasteiger partial charge in [0.25, 0.3) is 0 Å². The predicted molar refractivity (Wildman–Crippen MR) is 41.5 cm³/mol. The van der Waals surface area contributed by atoms with Gasteiger partial charge >= 0.3 is 0 Å². The van der Waals surface area contributed by atoms with E-state index in [2.05, 4.69) is 6.58 Å². The first kappa shape index (κ1) is 16.3. The number of hydrogen-bond acceptors (Lipinski definition) is 2. The van der Waals surface area contributed by atoms with Crippen molar-refractivity contribution in [3.05, 3.63) is 12.7 Å². The molecule has 4 heteroatoms. The van der Waals surface area contributed by atoms with E-state index in [-0.39, 0.29) is 15.5 Å². The summed E-state index contributed by atoms with van der Waals surface area (Å²) in [5.74, 6) is 0. The molecule has 0 spiro atoms. The smallest absolute Gasteiger partial charge is 0.00853 e. The van der Waals surface area contributed by atoms with Crippen LogP contribution in [-0.4, -0.2) is 12.6 Å². The lowest BCUT2D eigenvalue weighted by Crippen LogP contribution is -2.22. The van der Waals surface area contributed by atoms with E-state index in [0.717, 1.165) is 12.8 Å². The van der Waals surface area contributed by atoms with E-state index in [1.54, 1.807) is 0 Å². The highest BCUT2D eigenvalue weighted by atomic mass is 19.0. The molecule has 0 aromatic carbocycles. The summed E-state index contributed by atoms with van der Waals surface area (Å²) in [7, 11) is 0. The molecule has 0 aliphatic rings. The second-order valence-corrected chi connectivity index (χ2v) is 1.86. The Kier molecular flexibility index (Phi) is 18.4. The molecule has 0 radical (unpaired) electrons. The van der Waals surface area contributed by atoms with Crippen LogP contribution in [0.3, 0.4) is 0 Å². The fourth-order valence-electron chi connectivity index (χ4n) is 0.546. The highest BCUT2D eigenvalue weighted by Crippen LogP contribution is 1.91. The Morgan fingerprint density at radius 3 is 2.20 bits per heavy atom. The molecule has 64 valence electrons. The van der Waals surface area contributed by atoms with E-state index in [9.17, 15) is 0 Å². The zero-order valence-corrected chi connectivity index (χ0v) is 5.95. The number of hydrogen-bond donors (Lipinski definition) is 2. The molecular weight excluding hydrogens is 138 g/mol. The summed E-state index contributed by atoms with van der Waals surface area (Å²) >= 11 is 0. The standard InChI is InChI=1S/C6H14N2.2FH/c1-2-3-6(8)4-5-7;;/h2,6H,1,3-5,7-8H2;2*1H. The van der Waals surface area contributed by atoms with Gasteiger partial charge in [-0.05, 0) is 19.4 Å². The zero-order valence-electron chi connectivity index (χ0n) is 5.95. The Morgan fingerprint density at radius 1 is 1.40 bits per heavy atom. The summed E-state index contributed by atoms with van der Waals surface area (Å²) in [4.78, 5) is 0. The van der Waals surface area contributed by atoms with Gasteiger partial charge in [-0.1, -0.05) is 6.08 Å². The van der Waals surface area contributed by atoms with Crippen LogP contribution in [0.4, 0.5) is 9.41 Å². The number of rotatable bonds is 4. The maximum Gasteiger partial charge on any atom is 0.00853 e. The summed E-state index contributed by atoms with van der Waals surface area (Å²) in [6.07, 6.45) is 3.59. The molecule has 4 N–H and O–H groups in total. The Balaban J connectivity index is -0.000000245. The maximum absolute atomic E-state index is 5.54. The first-order valence-electron chi connectivity index (χ1n) is 2.87. The van der Waals surface area contributed by atoms with Crippen LogP contribution in [0.1, 0.15) is 12.8 Å². The summed E-state index contributed by atoms with van der Waals surface area (Å²) < 4.78 is 0.